The number of halogens is 3. The van der Waals surface area contributed by atoms with Crippen molar-refractivity contribution in [3.8, 4) is 0 Å². The molecule has 0 unspecified atom stereocenters. The molecule has 0 spiro atoms. The lowest BCUT2D eigenvalue weighted by Gasteiger charge is -2.08. The lowest BCUT2D eigenvalue weighted by molar-refractivity contribution is -0.128. The van der Waals surface area contributed by atoms with Gasteiger partial charge in [-0.15, -0.1) is 0 Å². The van der Waals surface area contributed by atoms with E-state index in [2.05, 4.69) is 14.7 Å². The topological polar surface area (TPSA) is 64.9 Å². The van der Waals surface area contributed by atoms with Crippen molar-refractivity contribution in [2.75, 3.05) is 0 Å². The van der Waals surface area contributed by atoms with Crippen LogP contribution in [-0.2, 0) is 6.42 Å². The Labute approximate surface area is 91.0 Å². The highest BCUT2D eigenvalue weighted by atomic mass is 19.4. The molecule has 0 amide bonds. The number of hydrogen-bond donors (Lipinski definition) is 1. The third-order valence-corrected chi connectivity index (χ3v) is 1.88. The summed E-state index contributed by atoms with van der Waals surface area (Å²) in [6.45, 7) is 3.90. The normalized spacial score (nSPS) is 14.4. The largest absolute Gasteiger partial charge is 0.396 e. The highest BCUT2D eigenvalue weighted by molar-refractivity contribution is 4.93. The summed E-state index contributed by atoms with van der Waals surface area (Å²) in [7, 11) is 0. The quantitative estimate of drug-likeness (QED) is 0.872. The van der Waals surface area contributed by atoms with Crippen molar-refractivity contribution in [2.24, 2.45) is 11.7 Å². The molecule has 2 N–H and O–H groups in total. The molecule has 1 rings (SSSR count). The molecular formula is C9H14F3N3O. The van der Waals surface area contributed by atoms with Crippen LogP contribution in [0.1, 0.15) is 38.0 Å². The molecule has 0 fully saturated rings. The second kappa shape index (κ2) is 4.82. The minimum atomic E-state index is -4.33. The highest BCUT2D eigenvalue weighted by Gasteiger charge is 2.31. The van der Waals surface area contributed by atoms with E-state index in [9.17, 15) is 13.2 Å². The summed E-state index contributed by atoms with van der Waals surface area (Å²) < 4.78 is 40.7. The summed E-state index contributed by atoms with van der Waals surface area (Å²) >= 11 is 0. The van der Waals surface area contributed by atoms with Crippen LogP contribution in [0, 0.1) is 5.92 Å². The van der Waals surface area contributed by atoms with Crippen LogP contribution in [0.5, 0.6) is 0 Å². The Morgan fingerprint density at radius 3 is 2.50 bits per heavy atom. The lowest BCUT2D eigenvalue weighted by Crippen LogP contribution is -2.15. The van der Waals surface area contributed by atoms with Crippen molar-refractivity contribution >= 4 is 0 Å². The van der Waals surface area contributed by atoms with Crippen molar-refractivity contribution in [1.29, 1.82) is 0 Å². The van der Waals surface area contributed by atoms with Crippen LogP contribution in [0.15, 0.2) is 4.52 Å². The van der Waals surface area contributed by atoms with E-state index in [1.54, 1.807) is 0 Å². The molecule has 1 aromatic heterocycles. The van der Waals surface area contributed by atoms with E-state index >= 15 is 0 Å². The zero-order valence-corrected chi connectivity index (χ0v) is 9.08. The number of rotatable bonds is 4. The van der Waals surface area contributed by atoms with E-state index in [0.717, 1.165) is 0 Å². The molecule has 1 atom stereocenters. The molecule has 4 nitrogen and oxygen atoms in total. The monoisotopic (exact) mass is 237 g/mol. The Morgan fingerprint density at radius 1 is 1.38 bits per heavy atom. The van der Waals surface area contributed by atoms with E-state index in [-0.39, 0.29) is 11.7 Å². The molecule has 0 radical (unpaired) electrons. The number of alkyl halides is 3. The minimum Gasteiger partial charge on any atom is -0.338 e. The SMILES string of the molecule is CC(C)C[C@@H](N)c1nc(CC(F)(F)F)no1. The molecule has 7 heteroatoms. The van der Waals surface area contributed by atoms with Crippen LogP contribution in [0.2, 0.25) is 0 Å². The third kappa shape index (κ3) is 4.18. The fraction of sp³-hybridized carbons (Fsp3) is 0.778. The van der Waals surface area contributed by atoms with Gasteiger partial charge in [0.1, 0.15) is 6.42 Å². The summed E-state index contributed by atoms with van der Waals surface area (Å²) in [5.41, 5.74) is 5.70. The Morgan fingerprint density at radius 2 is 2.00 bits per heavy atom. The number of hydrogen-bond acceptors (Lipinski definition) is 4. The third-order valence-electron chi connectivity index (χ3n) is 1.88. The average Bonchev–Trinajstić information content (AvgIpc) is 2.48. The number of nitrogens with zero attached hydrogens (tertiary/aromatic N) is 2. The Kier molecular flexibility index (Phi) is 3.90. The Bertz CT molecular complexity index is 335. The summed E-state index contributed by atoms with van der Waals surface area (Å²) in [5.74, 6) is 0.00243. The van der Waals surface area contributed by atoms with Crippen molar-refractivity contribution in [3.05, 3.63) is 11.7 Å². The van der Waals surface area contributed by atoms with Crippen LogP contribution < -0.4 is 5.73 Å². The fourth-order valence-electron chi connectivity index (χ4n) is 1.28. The minimum absolute atomic E-state index is 0.0629. The summed E-state index contributed by atoms with van der Waals surface area (Å²) in [6, 6.07) is -0.505. The number of nitrogens with two attached hydrogens (primary N) is 1. The molecule has 0 saturated heterocycles. The second-order valence-electron chi connectivity index (χ2n) is 4.08. The van der Waals surface area contributed by atoms with Crippen LogP contribution in [0.4, 0.5) is 13.2 Å². The van der Waals surface area contributed by atoms with Crippen molar-refractivity contribution in [1.82, 2.24) is 10.1 Å². The van der Waals surface area contributed by atoms with E-state index in [0.29, 0.717) is 12.3 Å². The summed E-state index contributed by atoms with van der Waals surface area (Å²) in [5, 5.41) is 3.24. The molecule has 0 aliphatic rings. The first kappa shape index (κ1) is 13.0. The predicted octanol–water partition coefficient (Wildman–Crippen LogP) is 2.22. The van der Waals surface area contributed by atoms with Gasteiger partial charge in [0.15, 0.2) is 5.82 Å². The summed E-state index contributed by atoms with van der Waals surface area (Å²) in [6.07, 6.45) is -4.93. The van der Waals surface area contributed by atoms with Crippen molar-refractivity contribution in [2.45, 2.75) is 38.9 Å². The first-order chi connectivity index (χ1) is 7.28. The van der Waals surface area contributed by atoms with Gasteiger partial charge >= 0.3 is 6.18 Å². The van der Waals surface area contributed by atoms with Gasteiger partial charge in [-0.05, 0) is 12.3 Å². The fourth-order valence-corrected chi connectivity index (χ4v) is 1.28. The average molecular weight is 237 g/mol. The van der Waals surface area contributed by atoms with Gasteiger partial charge in [-0.2, -0.15) is 18.2 Å². The van der Waals surface area contributed by atoms with Gasteiger partial charge in [-0.25, -0.2) is 0 Å². The van der Waals surface area contributed by atoms with Crippen LogP contribution in [0.3, 0.4) is 0 Å². The van der Waals surface area contributed by atoms with Crippen LogP contribution >= 0.6 is 0 Å². The van der Waals surface area contributed by atoms with Gasteiger partial charge in [-0.1, -0.05) is 19.0 Å². The Hall–Kier alpha value is -1.11. The summed E-state index contributed by atoms with van der Waals surface area (Å²) in [4.78, 5) is 3.63. The zero-order chi connectivity index (χ0) is 12.3. The standard InChI is InChI=1S/C9H14F3N3O/c1-5(2)3-6(13)8-14-7(15-16-8)4-9(10,11)12/h5-6H,3-4,13H2,1-2H3/t6-/m1/s1. The van der Waals surface area contributed by atoms with E-state index in [1.165, 1.54) is 0 Å². The molecule has 0 saturated carbocycles. The van der Waals surface area contributed by atoms with Gasteiger partial charge < -0.3 is 10.3 Å². The maximum absolute atomic E-state index is 12.0. The Balaban J connectivity index is 2.64. The lowest BCUT2D eigenvalue weighted by atomic mass is 10.0. The van der Waals surface area contributed by atoms with Gasteiger partial charge in [-0.3, -0.25) is 0 Å². The molecule has 0 aliphatic heterocycles. The molecular weight excluding hydrogens is 223 g/mol. The zero-order valence-electron chi connectivity index (χ0n) is 9.08. The van der Waals surface area contributed by atoms with E-state index < -0.39 is 18.6 Å². The first-order valence-electron chi connectivity index (χ1n) is 4.92. The van der Waals surface area contributed by atoms with Crippen LogP contribution in [0.25, 0.3) is 0 Å². The second-order valence-corrected chi connectivity index (χ2v) is 4.08. The number of aromatic nitrogens is 2. The van der Waals surface area contributed by atoms with Gasteiger partial charge in [0, 0.05) is 0 Å². The maximum Gasteiger partial charge on any atom is 0.396 e. The first-order valence-corrected chi connectivity index (χ1v) is 4.92. The molecule has 1 heterocycles. The molecule has 0 bridgehead atoms. The van der Waals surface area contributed by atoms with Crippen LogP contribution in [-0.4, -0.2) is 16.3 Å². The van der Waals surface area contributed by atoms with Gasteiger partial charge in [0.25, 0.3) is 0 Å². The molecule has 0 aliphatic carbocycles. The molecule has 16 heavy (non-hydrogen) atoms. The smallest absolute Gasteiger partial charge is 0.338 e. The molecule has 92 valence electrons. The highest BCUT2D eigenvalue weighted by Crippen LogP contribution is 2.21. The van der Waals surface area contributed by atoms with E-state index in [1.807, 2.05) is 13.8 Å². The van der Waals surface area contributed by atoms with Crippen molar-refractivity contribution < 1.29 is 17.7 Å². The van der Waals surface area contributed by atoms with E-state index in [4.69, 9.17) is 5.73 Å². The van der Waals surface area contributed by atoms with Crippen molar-refractivity contribution in [3.63, 3.8) is 0 Å². The van der Waals surface area contributed by atoms with Gasteiger partial charge in [0.05, 0.1) is 6.04 Å². The predicted molar refractivity (Wildman–Crippen MR) is 50.4 cm³/mol. The van der Waals surface area contributed by atoms with Gasteiger partial charge in [0.2, 0.25) is 5.89 Å². The molecule has 1 aromatic rings. The molecule has 0 aromatic carbocycles. The maximum atomic E-state index is 12.0.